The highest BCUT2D eigenvalue weighted by Crippen LogP contribution is 2.18. The molecule has 0 amide bonds. The molecule has 1 N–H and O–H groups in total. The minimum atomic E-state index is -0.0903. The third-order valence-electron chi connectivity index (χ3n) is 4.05. The number of hydrogen-bond acceptors (Lipinski definition) is 8. The van der Waals surface area contributed by atoms with Gasteiger partial charge in [-0.05, 0) is 18.5 Å². The van der Waals surface area contributed by atoms with E-state index in [4.69, 9.17) is 4.52 Å². The van der Waals surface area contributed by atoms with Crippen LogP contribution in [0.3, 0.4) is 0 Å². The van der Waals surface area contributed by atoms with Gasteiger partial charge in [-0.2, -0.15) is 4.98 Å². The van der Waals surface area contributed by atoms with Gasteiger partial charge in [-0.3, -0.25) is 14.3 Å². The van der Waals surface area contributed by atoms with Crippen LogP contribution in [0.25, 0.3) is 10.2 Å². The van der Waals surface area contributed by atoms with Crippen molar-refractivity contribution in [2.24, 2.45) is 0 Å². The molecule has 1 unspecified atom stereocenters. The topological polar surface area (TPSA) is 89.1 Å². The van der Waals surface area contributed by atoms with Gasteiger partial charge < -0.3 is 9.84 Å². The molecule has 3 aromatic heterocycles. The fourth-order valence-corrected chi connectivity index (χ4v) is 3.44. The predicted molar refractivity (Wildman–Crippen MR) is 92.8 cm³/mol. The number of piperazine rings is 1. The van der Waals surface area contributed by atoms with Gasteiger partial charge in [0.05, 0.1) is 17.8 Å². The van der Waals surface area contributed by atoms with Gasteiger partial charge in [0.25, 0.3) is 5.56 Å². The van der Waals surface area contributed by atoms with E-state index in [1.165, 1.54) is 22.2 Å². The average molecular weight is 369 g/mol. The van der Waals surface area contributed by atoms with Gasteiger partial charge in [-0.1, -0.05) is 5.16 Å². The Balaban J connectivity index is 0.00000169. The van der Waals surface area contributed by atoms with Crippen LogP contribution in [-0.2, 0) is 6.54 Å². The van der Waals surface area contributed by atoms with Gasteiger partial charge in [0.2, 0.25) is 5.89 Å². The number of likely N-dealkylation sites (N-methyl/N-ethyl adjacent to an activating group) is 1. The van der Waals surface area contributed by atoms with Crippen molar-refractivity contribution in [3.05, 3.63) is 39.8 Å². The van der Waals surface area contributed by atoms with Crippen LogP contribution in [0.4, 0.5) is 0 Å². The van der Waals surface area contributed by atoms with Gasteiger partial charge in [-0.25, -0.2) is 4.98 Å². The van der Waals surface area contributed by atoms with Gasteiger partial charge in [0, 0.05) is 19.6 Å². The molecule has 1 aliphatic rings. The number of nitrogens with zero attached hydrogens (tertiary/aromatic N) is 5. The van der Waals surface area contributed by atoms with E-state index in [1.807, 2.05) is 12.4 Å². The molecule has 0 bridgehead atoms. The van der Waals surface area contributed by atoms with Gasteiger partial charge >= 0.3 is 0 Å². The monoisotopic (exact) mass is 368 g/mol. The fourth-order valence-electron chi connectivity index (χ4n) is 2.71. The quantitative estimate of drug-likeness (QED) is 0.734. The van der Waals surface area contributed by atoms with Crippen LogP contribution in [0, 0.1) is 0 Å². The van der Waals surface area contributed by atoms with Gasteiger partial charge in [0.15, 0.2) is 5.82 Å². The Morgan fingerprint density at radius 2 is 2.38 bits per heavy atom. The molecule has 0 saturated carbocycles. The molecule has 1 atom stereocenters. The van der Waals surface area contributed by atoms with Crippen molar-refractivity contribution in [3.63, 3.8) is 0 Å². The fraction of sp³-hybridized carbons (Fsp3) is 0.429. The highest BCUT2D eigenvalue weighted by Gasteiger charge is 2.25. The van der Waals surface area contributed by atoms with Crippen molar-refractivity contribution in [1.82, 2.24) is 29.9 Å². The van der Waals surface area contributed by atoms with Crippen LogP contribution >= 0.6 is 23.7 Å². The maximum Gasteiger partial charge on any atom is 0.262 e. The van der Waals surface area contributed by atoms with E-state index < -0.39 is 0 Å². The average Bonchev–Trinajstić information content (AvgIpc) is 3.20. The molecule has 0 aromatic carbocycles. The zero-order valence-electron chi connectivity index (χ0n) is 13.0. The molecule has 128 valence electrons. The van der Waals surface area contributed by atoms with E-state index in [0.29, 0.717) is 17.1 Å². The molecule has 3 aromatic rings. The first kappa shape index (κ1) is 17.0. The van der Waals surface area contributed by atoms with E-state index in [-0.39, 0.29) is 30.6 Å². The molecule has 10 heteroatoms. The number of hydrogen-bond donors (Lipinski definition) is 1. The molecule has 8 nitrogen and oxygen atoms in total. The largest absolute Gasteiger partial charge is 0.337 e. The molecule has 1 aliphatic heterocycles. The zero-order valence-corrected chi connectivity index (χ0v) is 14.6. The number of thiophene rings is 1. The van der Waals surface area contributed by atoms with E-state index in [1.54, 1.807) is 6.07 Å². The smallest absolute Gasteiger partial charge is 0.262 e. The molecule has 4 rings (SSSR count). The second-order valence-electron chi connectivity index (χ2n) is 5.56. The minimum absolute atomic E-state index is 0. The molecule has 0 aliphatic carbocycles. The Hall–Kier alpha value is -1.81. The van der Waals surface area contributed by atoms with E-state index >= 15 is 0 Å². The van der Waals surface area contributed by atoms with Crippen LogP contribution in [0.5, 0.6) is 0 Å². The predicted octanol–water partition coefficient (Wildman–Crippen LogP) is 0.887. The first-order chi connectivity index (χ1) is 11.2. The summed E-state index contributed by atoms with van der Waals surface area (Å²) in [5.41, 5.74) is -0.0903. The summed E-state index contributed by atoms with van der Waals surface area (Å²) in [7, 11) is 2.04. The lowest BCUT2D eigenvalue weighted by molar-refractivity contribution is 0.190. The zero-order chi connectivity index (χ0) is 15.8. The summed E-state index contributed by atoms with van der Waals surface area (Å²) in [6.07, 6.45) is 1.53. The lowest BCUT2D eigenvalue weighted by Gasteiger charge is -2.30. The number of aromatic nitrogens is 4. The van der Waals surface area contributed by atoms with Crippen LogP contribution in [0.15, 0.2) is 27.1 Å². The van der Waals surface area contributed by atoms with E-state index in [0.717, 1.165) is 24.5 Å². The van der Waals surface area contributed by atoms with Gasteiger partial charge in [-0.15, -0.1) is 23.7 Å². The van der Waals surface area contributed by atoms with Crippen molar-refractivity contribution in [3.8, 4) is 0 Å². The standard InChI is InChI=1S/C14H16N6O2S.ClH/c1-19-4-3-15-6-10(19)12-17-11(22-18-12)7-20-8-16-13-9(14(20)21)2-5-23-13;/h2,5,8,10,15H,3-4,6-7H2,1H3;1H. The van der Waals surface area contributed by atoms with Crippen molar-refractivity contribution in [1.29, 1.82) is 0 Å². The Kier molecular flexibility index (Phi) is 4.95. The van der Waals surface area contributed by atoms with Crippen molar-refractivity contribution >= 4 is 34.0 Å². The number of rotatable bonds is 3. The number of fused-ring (bicyclic) bond motifs is 1. The van der Waals surface area contributed by atoms with Crippen molar-refractivity contribution in [2.75, 3.05) is 26.7 Å². The Morgan fingerprint density at radius 3 is 3.21 bits per heavy atom. The second-order valence-corrected chi connectivity index (χ2v) is 6.46. The Morgan fingerprint density at radius 1 is 1.50 bits per heavy atom. The Bertz CT molecular complexity index is 891. The second kappa shape index (κ2) is 6.98. The first-order valence-corrected chi connectivity index (χ1v) is 8.26. The van der Waals surface area contributed by atoms with Crippen molar-refractivity contribution in [2.45, 2.75) is 12.6 Å². The third-order valence-corrected chi connectivity index (χ3v) is 4.87. The molecular formula is C14H17ClN6O2S. The first-order valence-electron chi connectivity index (χ1n) is 7.38. The summed E-state index contributed by atoms with van der Waals surface area (Å²) in [5, 5.41) is 9.87. The summed E-state index contributed by atoms with van der Waals surface area (Å²) in [6, 6.07) is 1.88. The van der Waals surface area contributed by atoms with Crippen LogP contribution in [0.2, 0.25) is 0 Å². The maximum atomic E-state index is 12.4. The number of nitrogens with one attached hydrogen (secondary N) is 1. The molecular weight excluding hydrogens is 352 g/mol. The Labute approximate surface area is 147 Å². The SMILES string of the molecule is CN1CCNCC1c1noc(Cn2cnc3sccc3c2=O)n1.Cl. The van der Waals surface area contributed by atoms with Crippen LogP contribution in [-0.4, -0.2) is 51.3 Å². The van der Waals surface area contributed by atoms with Crippen LogP contribution < -0.4 is 10.9 Å². The third kappa shape index (κ3) is 3.07. The summed E-state index contributed by atoms with van der Waals surface area (Å²) in [5.74, 6) is 1.06. The molecule has 0 spiro atoms. The van der Waals surface area contributed by atoms with Crippen molar-refractivity contribution < 1.29 is 4.52 Å². The lowest BCUT2D eigenvalue weighted by Crippen LogP contribution is -2.44. The number of halogens is 1. The summed E-state index contributed by atoms with van der Waals surface area (Å²) >= 11 is 1.45. The minimum Gasteiger partial charge on any atom is -0.337 e. The molecule has 24 heavy (non-hydrogen) atoms. The van der Waals surface area contributed by atoms with E-state index in [9.17, 15) is 4.79 Å². The normalized spacial score (nSPS) is 18.6. The molecule has 1 saturated heterocycles. The lowest BCUT2D eigenvalue weighted by atomic mass is 10.2. The van der Waals surface area contributed by atoms with E-state index in [2.05, 4.69) is 25.3 Å². The summed E-state index contributed by atoms with van der Waals surface area (Å²) < 4.78 is 6.81. The molecule has 1 fully saturated rings. The molecule has 4 heterocycles. The van der Waals surface area contributed by atoms with Crippen LogP contribution in [0.1, 0.15) is 17.8 Å². The summed E-state index contributed by atoms with van der Waals surface area (Å²) in [6.45, 7) is 2.92. The summed E-state index contributed by atoms with van der Waals surface area (Å²) in [4.78, 5) is 24.0. The highest BCUT2D eigenvalue weighted by atomic mass is 35.5. The maximum absolute atomic E-state index is 12.4. The molecule has 0 radical (unpaired) electrons. The van der Waals surface area contributed by atoms with Gasteiger partial charge in [0.1, 0.15) is 11.4 Å². The highest BCUT2D eigenvalue weighted by molar-refractivity contribution is 7.16.